The van der Waals surface area contributed by atoms with E-state index in [0.717, 1.165) is 4.31 Å². The number of carbonyl (C=O) groups excluding carboxylic acids is 1. The summed E-state index contributed by atoms with van der Waals surface area (Å²) in [7, 11) is -4.06. The van der Waals surface area contributed by atoms with Crippen LogP contribution < -0.4 is 4.31 Å². The minimum absolute atomic E-state index is 0.115. The van der Waals surface area contributed by atoms with E-state index < -0.39 is 63.2 Å². The van der Waals surface area contributed by atoms with E-state index in [1.54, 1.807) is 68.4 Å². The second-order valence-corrected chi connectivity index (χ2v) is 14.7. The molecule has 1 amide bonds. The Bertz CT molecular complexity index is 1650. The van der Waals surface area contributed by atoms with Crippen molar-refractivity contribution in [3.05, 3.63) is 99.8 Å². The van der Waals surface area contributed by atoms with Crippen molar-refractivity contribution in [1.82, 2.24) is 4.90 Å². The monoisotopic (exact) mass is 662 g/mol. The van der Waals surface area contributed by atoms with Gasteiger partial charge in [-0.05, 0) is 73.7 Å². The zero-order chi connectivity index (χ0) is 31.8. The summed E-state index contributed by atoms with van der Waals surface area (Å²) in [5.41, 5.74) is 1.12. The maximum absolute atomic E-state index is 15.3. The van der Waals surface area contributed by atoms with E-state index in [4.69, 9.17) is 27.9 Å². The molecule has 0 bridgehead atoms. The van der Waals surface area contributed by atoms with Crippen LogP contribution in [0.2, 0.25) is 10.0 Å². The second kappa shape index (κ2) is 12.7. The van der Waals surface area contributed by atoms with Gasteiger partial charge in [-0.15, -0.1) is 0 Å². The molecule has 1 aliphatic carbocycles. The number of carboxylic acid groups (broad SMARTS) is 1. The number of halogens is 3. The van der Waals surface area contributed by atoms with Crippen molar-refractivity contribution in [2.45, 2.75) is 68.6 Å². The van der Waals surface area contributed by atoms with Gasteiger partial charge >= 0.3 is 5.97 Å². The van der Waals surface area contributed by atoms with Gasteiger partial charge in [-0.25, -0.2) is 12.8 Å². The lowest BCUT2D eigenvalue weighted by Crippen LogP contribution is -2.58. The van der Waals surface area contributed by atoms with Crippen molar-refractivity contribution in [3.8, 4) is 0 Å². The predicted molar refractivity (Wildman–Crippen MR) is 167 cm³/mol. The Balaban J connectivity index is 1.67. The fraction of sp³-hybridized carbons (Fsp3) is 0.375. The number of benzene rings is 3. The Morgan fingerprint density at radius 3 is 2.34 bits per heavy atom. The van der Waals surface area contributed by atoms with E-state index in [-0.39, 0.29) is 18.7 Å². The number of morpholine rings is 1. The molecule has 8 nitrogen and oxygen atoms in total. The summed E-state index contributed by atoms with van der Waals surface area (Å²) in [6, 6.07) is 17.7. The molecule has 3 aromatic rings. The number of aliphatic carboxylic acids is 1. The van der Waals surface area contributed by atoms with Gasteiger partial charge in [0.1, 0.15) is 18.0 Å². The van der Waals surface area contributed by atoms with Gasteiger partial charge in [-0.1, -0.05) is 66.5 Å². The molecule has 234 valence electrons. The van der Waals surface area contributed by atoms with E-state index in [2.05, 4.69) is 0 Å². The van der Waals surface area contributed by atoms with Crippen LogP contribution in [0.5, 0.6) is 0 Å². The number of hydrogen-bond donors (Lipinski definition) is 1. The maximum atomic E-state index is 15.3. The van der Waals surface area contributed by atoms with Crippen LogP contribution in [0, 0.1) is 5.82 Å². The molecule has 1 heterocycles. The Kier molecular flexibility index (Phi) is 9.28. The van der Waals surface area contributed by atoms with Crippen molar-refractivity contribution in [2.75, 3.05) is 10.8 Å². The molecular formula is C32H33Cl2FN2O6S. The lowest BCUT2D eigenvalue weighted by Gasteiger charge is -2.49. The number of amides is 1. The van der Waals surface area contributed by atoms with Gasteiger partial charge in [0.15, 0.2) is 0 Å². The lowest BCUT2D eigenvalue weighted by atomic mass is 9.89. The van der Waals surface area contributed by atoms with Crippen LogP contribution in [-0.2, 0) is 24.3 Å². The summed E-state index contributed by atoms with van der Waals surface area (Å²) in [4.78, 5) is 27.6. The van der Waals surface area contributed by atoms with E-state index >= 15 is 4.39 Å². The van der Waals surface area contributed by atoms with Gasteiger partial charge in [-0.2, -0.15) is 0 Å². The van der Waals surface area contributed by atoms with Gasteiger partial charge in [0, 0.05) is 10.0 Å². The van der Waals surface area contributed by atoms with Crippen LogP contribution in [0.4, 0.5) is 10.1 Å². The fourth-order valence-corrected chi connectivity index (χ4v) is 7.93. The van der Waals surface area contributed by atoms with Crippen LogP contribution in [0.1, 0.15) is 62.8 Å². The highest BCUT2D eigenvalue weighted by Crippen LogP contribution is 2.48. The third kappa shape index (κ3) is 6.31. The first-order valence-electron chi connectivity index (χ1n) is 14.3. The fourth-order valence-electron chi connectivity index (χ4n) is 5.68. The number of carbonyl (C=O) groups is 2. The first-order valence-corrected chi connectivity index (χ1v) is 16.5. The van der Waals surface area contributed by atoms with Gasteiger partial charge in [0.05, 0.1) is 35.5 Å². The molecule has 2 fully saturated rings. The normalized spacial score (nSPS) is 22.0. The summed E-state index contributed by atoms with van der Waals surface area (Å²) in [5.74, 6) is -2.55. The number of rotatable bonds is 11. The number of sulfonamides is 1. The van der Waals surface area contributed by atoms with E-state index in [1.165, 1.54) is 23.1 Å². The third-order valence-electron chi connectivity index (χ3n) is 8.41. The minimum atomic E-state index is -4.06. The highest BCUT2D eigenvalue weighted by atomic mass is 35.5. The standard InChI is InChI=1S/C32H33Cl2FN2O6S/c1-3-24(19-36(26-10-5-4-9-25(26)35)44(41,42)32(2)15-16-32)37-29(20-11-13-22(33)14-12-20)30(21-7-6-8-23(34)17-21)43-27(31(37)40)18-28(38)39/h4-14,17,24,27,29-30H,3,15-16,18-19H2,1-2H3,(H,38,39)/t24?,27-,29-,30-/m1/s1. The molecule has 1 N–H and O–H groups in total. The summed E-state index contributed by atoms with van der Waals surface area (Å²) < 4.78 is 49.6. The maximum Gasteiger partial charge on any atom is 0.306 e. The molecule has 0 radical (unpaired) electrons. The first-order chi connectivity index (χ1) is 20.9. The van der Waals surface area contributed by atoms with Crippen molar-refractivity contribution in [3.63, 3.8) is 0 Å². The van der Waals surface area contributed by atoms with E-state index in [9.17, 15) is 23.1 Å². The average Bonchev–Trinajstić information content (AvgIpc) is 3.75. The lowest BCUT2D eigenvalue weighted by molar-refractivity contribution is -0.183. The van der Waals surface area contributed by atoms with E-state index in [1.807, 2.05) is 0 Å². The topological polar surface area (TPSA) is 104 Å². The Hall–Kier alpha value is -3.18. The number of nitrogens with zero attached hydrogens (tertiary/aromatic N) is 2. The number of anilines is 1. The second-order valence-electron chi connectivity index (χ2n) is 11.4. The Morgan fingerprint density at radius 2 is 1.75 bits per heavy atom. The molecule has 1 saturated carbocycles. The number of carboxylic acids is 1. The quantitative estimate of drug-likeness (QED) is 0.243. The molecule has 4 atom stereocenters. The van der Waals surface area contributed by atoms with Crippen molar-refractivity contribution < 1.29 is 32.2 Å². The molecule has 5 rings (SSSR count). The van der Waals surface area contributed by atoms with Crippen LogP contribution in [0.25, 0.3) is 0 Å². The number of para-hydroxylation sites is 1. The zero-order valence-corrected chi connectivity index (χ0v) is 26.5. The van der Waals surface area contributed by atoms with Crippen LogP contribution in [0.15, 0.2) is 72.8 Å². The molecule has 44 heavy (non-hydrogen) atoms. The van der Waals surface area contributed by atoms with Gasteiger partial charge in [0.2, 0.25) is 10.0 Å². The molecule has 12 heteroatoms. The average molecular weight is 664 g/mol. The molecule has 2 aliphatic rings. The summed E-state index contributed by atoms with van der Waals surface area (Å²) >= 11 is 12.6. The summed E-state index contributed by atoms with van der Waals surface area (Å²) in [5, 5.41) is 10.6. The molecule has 1 saturated heterocycles. The van der Waals surface area contributed by atoms with Crippen LogP contribution >= 0.6 is 23.2 Å². The minimum Gasteiger partial charge on any atom is -0.481 e. The molecule has 0 aromatic heterocycles. The van der Waals surface area contributed by atoms with Crippen molar-refractivity contribution in [1.29, 1.82) is 0 Å². The largest absolute Gasteiger partial charge is 0.481 e. The van der Waals surface area contributed by atoms with Crippen molar-refractivity contribution in [2.24, 2.45) is 0 Å². The first kappa shape index (κ1) is 32.2. The van der Waals surface area contributed by atoms with E-state index in [0.29, 0.717) is 34.0 Å². The number of ether oxygens (including phenoxy) is 1. The van der Waals surface area contributed by atoms with Gasteiger partial charge < -0.3 is 14.7 Å². The smallest absolute Gasteiger partial charge is 0.306 e. The molecule has 1 aliphatic heterocycles. The van der Waals surface area contributed by atoms with Crippen molar-refractivity contribution >= 4 is 50.8 Å². The van der Waals surface area contributed by atoms with Crippen LogP contribution in [-0.4, -0.2) is 53.7 Å². The predicted octanol–water partition coefficient (Wildman–Crippen LogP) is 6.78. The summed E-state index contributed by atoms with van der Waals surface area (Å²) in [6.07, 6.45) is -1.71. The van der Waals surface area contributed by atoms with Crippen LogP contribution in [0.3, 0.4) is 0 Å². The Morgan fingerprint density at radius 1 is 1.07 bits per heavy atom. The number of hydrogen-bond acceptors (Lipinski definition) is 5. The highest BCUT2D eigenvalue weighted by molar-refractivity contribution is 7.94. The summed E-state index contributed by atoms with van der Waals surface area (Å²) in [6.45, 7) is 3.18. The molecule has 1 unspecified atom stereocenters. The van der Waals surface area contributed by atoms with Gasteiger partial charge in [-0.3, -0.25) is 13.9 Å². The molecular weight excluding hydrogens is 630 g/mol. The zero-order valence-electron chi connectivity index (χ0n) is 24.2. The van der Waals surface area contributed by atoms with Gasteiger partial charge in [0.25, 0.3) is 5.91 Å². The Labute approximate surface area is 266 Å². The third-order valence-corrected chi connectivity index (χ3v) is 11.5. The SMILES string of the molecule is CCC(CN(c1ccccc1F)S(=O)(=O)C1(C)CC1)N1C(=O)[C@@H](CC(=O)O)O[C@H](c2cccc(Cl)c2)[C@H]1c1ccc(Cl)cc1. The molecule has 3 aromatic carbocycles. The highest BCUT2D eigenvalue weighted by Gasteiger charge is 2.54. The molecule has 0 spiro atoms.